The average molecular weight is 167 g/mol. The van der Waals surface area contributed by atoms with Gasteiger partial charge >= 0.3 is 0 Å². The summed E-state index contributed by atoms with van der Waals surface area (Å²) < 4.78 is 9.90. The second-order valence-electron chi connectivity index (χ2n) is 2.43. The maximum Gasteiger partial charge on any atom is 0.207 e. The van der Waals surface area contributed by atoms with Gasteiger partial charge in [-0.2, -0.15) is 0 Å². The fourth-order valence-corrected chi connectivity index (χ4v) is 0.994. The van der Waals surface area contributed by atoms with Gasteiger partial charge in [0.05, 0.1) is 0 Å². The normalized spacial score (nSPS) is 19.7. The third kappa shape index (κ3) is 1.09. The highest BCUT2D eigenvalue weighted by Crippen LogP contribution is 2.08. The van der Waals surface area contributed by atoms with Gasteiger partial charge in [0, 0.05) is 12.4 Å². The molecule has 0 fully saturated rings. The van der Waals surface area contributed by atoms with Crippen LogP contribution in [0.2, 0.25) is 0 Å². The van der Waals surface area contributed by atoms with Crippen LogP contribution in [-0.4, -0.2) is 29.2 Å². The van der Waals surface area contributed by atoms with Crippen LogP contribution in [0.25, 0.3) is 0 Å². The highest BCUT2D eigenvalue weighted by atomic mass is 16.5. The summed E-state index contributed by atoms with van der Waals surface area (Å²) >= 11 is 0. The summed E-state index contributed by atoms with van der Waals surface area (Å²) in [7, 11) is 0. The predicted octanol–water partition coefficient (Wildman–Crippen LogP) is 0.443. The molecule has 0 saturated carbocycles. The first-order valence-corrected chi connectivity index (χ1v) is 3.56. The van der Waals surface area contributed by atoms with Crippen LogP contribution in [-0.2, 0) is 9.47 Å². The molecule has 1 N–H and O–H groups in total. The molecule has 0 spiro atoms. The van der Waals surface area contributed by atoms with Gasteiger partial charge in [0.25, 0.3) is 0 Å². The van der Waals surface area contributed by atoms with E-state index in [1.54, 1.807) is 34.7 Å². The van der Waals surface area contributed by atoms with Gasteiger partial charge in [-0.05, 0) is 0 Å². The molecule has 2 aliphatic rings. The van der Waals surface area contributed by atoms with Crippen LogP contribution in [0, 0.1) is 5.41 Å². The third-order valence-corrected chi connectivity index (χ3v) is 1.65. The SMILES string of the molecule is N=C(N1C=COC1)N1C=COC1. The summed E-state index contributed by atoms with van der Waals surface area (Å²) in [5.74, 6) is 0.359. The highest BCUT2D eigenvalue weighted by molar-refractivity contribution is 5.79. The van der Waals surface area contributed by atoms with Crippen LogP contribution in [0.3, 0.4) is 0 Å². The zero-order chi connectivity index (χ0) is 8.39. The summed E-state index contributed by atoms with van der Waals surface area (Å²) in [6.07, 6.45) is 6.56. The number of nitrogens with one attached hydrogen (secondary N) is 1. The van der Waals surface area contributed by atoms with E-state index < -0.39 is 0 Å². The topological polar surface area (TPSA) is 48.8 Å². The Hall–Kier alpha value is -1.65. The molecule has 2 rings (SSSR count). The van der Waals surface area contributed by atoms with Gasteiger partial charge in [0.2, 0.25) is 5.96 Å². The van der Waals surface area contributed by atoms with Crippen LogP contribution in [0.5, 0.6) is 0 Å². The van der Waals surface area contributed by atoms with Crippen LogP contribution in [0.1, 0.15) is 0 Å². The molecule has 0 aromatic heterocycles. The van der Waals surface area contributed by atoms with Gasteiger partial charge in [0.1, 0.15) is 12.5 Å². The van der Waals surface area contributed by atoms with E-state index in [0.717, 1.165) is 0 Å². The number of guanidine groups is 1. The van der Waals surface area contributed by atoms with E-state index in [1.165, 1.54) is 0 Å². The summed E-state index contributed by atoms with van der Waals surface area (Å²) in [6, 6.07) is 0. The number of ether oxygens (including phenoxy) is 2. The van der Waals surface area contributed by atoms with Gasteiger partial charge in [-0.3, -0.25) is 15.2 Å². The molecule has 0 saturated heterocycles. The van der Waals surface area contributed by atoms with E-state index in [1.807, 2.05) is 0 Å². The smallest absolute Gasteiger partial charge is 0.207 e. The molecule has 2 heterocycles. The Kier molecular flexibility index (Phi) is 1.62. The lowest BCUT2D eigenvalue weighted by atomic mass is 10.6. The lowest BCUT2D eigenvalue weighted by Gasteiger charge is -2.21. The van der Waals surface area contributed by atoms with Crippen molar-refractivity contribution in [3.8, 4) is 0 Å². The predicted molar refractivity (Wildman–Crippen MR) is 41.6 cm³/mol. The van der Waals surface area contributed by atoms with Crippen LogP contribution in [0.4, 0.5) is 0 Å². The lowest BCUT2D eigenvalue weighted by Crippen LogP contribution is -2.36. The first-order chi connectivity index (χ1) is 5.88. The van der Waals surface area contributed by atoms with E-state index >= 15 is 0 Å². The van der Waals surface area contributed by atoms with E-state index in [9.17, 15) is 0 Å². The Labute approximate surface area is 70.0 Å². The van der Waals surface area contributed by atoms with Crippen LogP contribution >= 0.6 is 0 Å². The molecular formula is C7H9N3O2. The molecule has 0 atom stereocenters. The summed E-state index contributed by atoms with van der Waals surface area (Å²) in [4.78, 5) is 3.36. The Morgan fingerprint density at radius 3 is 1.92 bits per heavy atom. The van der Waals surface area contributed by atoms with Crippen molar-refractivity contribution in [2.24, 2.45) is 0 Å². The van der Waals surface area contributed by atoms with Crippen molar-refractivity contribution < 1.29 is 9.47 Å². The minimum Gasteiger partial charge on any atom is -0.479 e. The fraction of sp³-hybridized carbons (Fsp3) is 0.286. The second-order valence-corrected chi connectivity index (χ2v) is 2.43. The van der Waals surface area contributed by atoms with Gasteiger partial charge in [-0.1, -0.05) is 0 Å². The first kappa shape index (κ1) is 7.02. The lowest BCUT2D eigenvalue weighted by molar-refractivity contribution is 0.181. The van der Waals surface area contributed by atoms with Crippen molar-refractivity contribution in [3.63, 3.8) is 0 Å². The summed E-state index contributed by atoms with van der Waals surface area (Å²) in [6.45, 7) is 0.812. The molecule has 0 aromatic carbocycles. The van der Waals surface area contributed by atoms with Gasteiger partial charge < -0.3 is 9.47 Å². The highest BCUT2D eigenvalue weighted by Gasteiger charge is 2.18. The Balaban J connectivity index is 1.99. The molecular weight excluding hydrogens is 158 g/mol. The van der Waals surface area contributed by atoms with Gasteiger partial charge in [-0.15, -0.1) is 0 Å². The van der Waals surface area contributed by atoms with Crippen molar-refractivity contribution in [1.82, 2.24) is 9.80 Å². The molecule has 64 valence electrons. The monoisotopic (exact) mass is 167 g/mol. The van der Waals surface area contributed by atoms with E-state index in [0.29, 0.717) is 19.4 Å². The molecule has 0 aliphatic carbocycles. The Bertz CT molecular complexity index is 225. The zero-order valence-electron chi connectivity index (χ0n) is 6.43. The van der Waals surface area contributed by atoms with Gasteiger partial charge in [0.15, 0.2) is 13.5 Å². The van der Waals surface area contributed by atoms with E-state index in [4.69, 9.17) is 14.9 Å². The molecule has 5 heteroatoms. The number of nitrogens with zero attached hydrogens (tertiary/aromatic N) is 2. The van der Waals surface area contributed by atoms with Crippen LogP contribution in [0.15, 0.2) is 24.9 Å². The summed E-state index contributed by atoms with van der Waals surface area (Å²) in [5.41, 5.74) is 0. The minimum absolute atomic E-state index is 0.359. The molecule has 0 amide bonds. The van der Waals surface area contributed by atoms with Crippen molar-refractivity contribution in [3.05, 3.63) is 24.9 Å². The molecule has 0 unspecified atom stereocenters. The molecule has 5 nitrogen and oxygen atoms in total. The zero-order valence-corrected chi connectivity index (χ0v) is 6.43. The van der Waals surface area contributed by atoms with Crippen LogP contribution < -0.4 is 0 Å². The minimum atomic E-state index is 0.359. The third-order valence-electron chi connectivity index (χ3n) is 1.65. The molecule has 12 heavy (non-hydrogen) atoms. The average Bonchev–Trinajstić information content (AvgIpc) is 2.77. The van der Waals surface area contributed by atoms with E-state index in [-0.39, 0.29) is 0 Å². The molecule has 0 bridgehead atoms. The molecule has 2 aliphatic heterocycles. The van der Waals surface area contributed by atoms with Crippen molar-refractivity contribution in [1.29, 1.82) is 5.41 Å². The Morgan fingerprint density at radius 1 is 1.08 bits per heavy atom. The summed E-state index contributed by atoms with van der Waals surface area (Å²) in [5, 5.41) is 7.67. The maximum absolute atomic E-state index is 7.67. The second kappa shape index (κ2) is 2.77. The fourth-order valence-electron chi connectivity index (χ4n) is 0.994. The van der Waals surface area contributed by atoms with Crippen molar-refractivity contribution in [2.45, 2.75) is 0 Å². The number of rotatable bonds is 0. The quantitative estimate of drug-likeness (QED) is 0.420. The first-order valence-electron chi connectivity index (χ1n) is 3.56. The van der Waals surface area contributed by atoms with E-state index in [2.05, 4.69) is 0 Å². The van der Waals surface area contributed by atoms with Crippen molar-refractivity contribution in [2.75, 3.05) is 13.5 Å². The van der Waals surface area contributed by atoms with Crippen molar-refractivity contribution >= 4 is 5.96 Å². The molecule has 0 radical (unpaired) electrons. The Morgan fingerprint density at radius 2 is 1.58 bits per heavy atom. The molecule has 0 aromatic rings. The number of hydrogen-bond donors (Lipinski definition) is 1. The standard InChI is InChI=1S/C7H9N3O2/c8-7(9-1-3-11-5-9)10-2-4-12-6-10/h1-4,8H,5-6H2. The number of hydrogen-bond acceptors (Lipinski definition) is 3. The van der Waals surface area contributed by atoms with Gasteiger partial charge in [-0.25, -0.2) is 0 Å². The largest absolute Gasteiger partial charge is 0.479 e. The maximum atomic E-state index is 7.67.